The minimum Gasteiger partial charge on any atom is -0.249 e. The van der Waals surface area contributed by atoms with Crippen molar-refractivity contribution < 1.29 is 21.0 Å². The molecule has 0 aliphatic heterocycles. The Labute approximate surface area is 198 Å². The predicted octanol–water partition coefficient (Wildman–Crippen LogP) is 4.92. The zero-order chi connectivity index (χ0) is 24.2. The number of aryl methyl sites for hydroxylation is 1. The van der Waals surface area contributed by atoms with Gasteiger partial charge in [0.25, 0.3) is 0 Å². The van der Waals surface area contributed by atoms with Gasteiger partial charge in [0.15, 0.2) is 24.3 Å². The number of hydrogen-bond donors (Lipinski definition) is 0. The van der Waals surface area contributed by atoms with E-state index in [0.29, 0.717) is 4.90 Å². The summed E-state index contributed by atoms with van der Waals surface area (Å²) in [6, 6.07) is 22.0. The summed E-state index contributed by atoms with van der Waals surface area (Å²) in [5.41, 5.74) is 0.988. The van der Waals surface area contributed by atoms with Gasteiger partial charge in [-0.25, -0.2) is 21.0 Å². The van der Waals surface area contributed by atoms with Crippen LogP contribution in [0.2, 0.25) is 0 Å². The molecule has 0 bridgehead atoms. The second kappa shape index (κ2) is 10.2. The molecule has 0 saturated heterocycles. The van der Waals surface area contributed by atoms with Crippen LogP contribution >= 0.6 is 0 Å². The average Bonchev–Trinajstić information content (AvgIpc) is 2.81. The largest absolute Gasteiger partial charge is 0.249 e. The monoisotopic (exact) mass is 502 g/mol. The average molecular weight is 503 g/mol. The summed E-state index contributed by atoms with van der Waals surface area (Å²) in [4.78, 5) is 0.521. The van der Waals surface area contributed by atoms with Crippen LogP contribution in [-0.2, 0) is 30.5 Å². The van der Waals surface area contributed by atoms with E-state index in [0.717, 1.165) is 5.56 Å². The van der Waals surface area contributed by atoms with Gasteiger partial charge < -0.3 is 0 Å². The lowest BCUT2D eigenvalue weighted by Gasteiger charge is -2.26. The molecule has 0 amide bonds. The summed E-state index contributed by atoms with van der Waals surface area (Å²) in [6.45, 7) is 5.05. The van der Waals surface area contributed by atoms with Gasteiger partial charge in [-0.1, -0.05) is 67.1 Å². The smallest absolute Gasteiger partial charge is 0.196 e. The number of hydrogen-bond acceptors (Lipinski definition) is 5. The van der Waals surface area contributed by atoms with Gasteiger partial charge in [-0.3, -0.25) is 0 Å². The summed E-state index contributed by atoms with van der Waals surface area (Å²) < 4.78 is 66.4. The van der Waals surface area contributed by atoms with Crippen LogP contribution in [0, 0.1) is 12.8 Å². The molecular formula is C25H26O5S3. The molecule has 0 spiro atoms. The highest BCUT2D eigenvalue weighted by Crippen LogP contribution is 2.36. The zero-order valence-corrected chi connectivity index (χ0v) is 21.0. The lowest BCUT2D eigenvalue weighted by atomic mass is 10.2. The van der Waals surface area contributed by atoms with Crippen LogP contribution in [-0.4, -0.2) is 25.6 Å². The van der Waals surface area contributed by atoms with Gasteiger partial charge >= 0.3 is 0 Å². The van der Waals surface area contributed by atoms with Crippen LogP contribution in [0.25, 0.3) is 0 Å². The summed E-state index contributed by atoms with van der Waals surface area (Å²) in [6.07, 6.45) is 1.55. The van der Waals surface area contributed by atoms with E-state index in [1.54, 1.807) is 61.5 Å². The summed E-state index contributed by atoms with van der Waals surface area (Å²) in [7, 11) is -10.4. The highest BCUT2D eigenvalue weighted by atomic mass is 32.3. The SMILES string of the molecule is C/C=C(/[C@@H](C)C(S(=O)(=O)c1ccccc1)S(=O)(=O)c1ccccc1)[S@@](=O)c1ccc(C)cc1. The minimum absolute atomic E-state index is 0.0991. The Kier molecular flexibility index (Phi) is 7.72. The quantitative estimate of drug-likeness (QED) is 0.437. The Bertz CT molecular complexity index is 1290. The lowest BCUT2D eigenvalue weighted by Crippen LogP contribution is -2.38. The minimum atomic E-state index is -4.35. The number of allylic oxidation sites excluding steroid dienone is 2. The van der Waals surface area contributed by atoms with Crippen LogP contribution < -0.4 is 0 Å². The van der Waals surface area contributed by atoms with E-state index < -0.39 is 41.0 Å². The van der Waals surface area contributed by atoms with Gasteiger partial charge in [-0.15, -0.1) is 0 Å². The van der Waals surface area contributed by atoms with Crippen molar-refractivity contribution in [2.24, 2.45) is 5.92 Å². The molecule has 3 aromatic carbocycles. The van der Waals surface area contributed by atoms with Crippen LogP contribution in [0.5, 0.6) is 0 Å². The highest BCUT2D eigenvalue weighted by Gasteiger charge is 2.45. The Morgan fingerprint density at radius 2 is 1.18 bits per heavy atom. The third-order valence-corrected chi connectivity index (χ3v) is 12.5. The molecule has 0 radical (unpaired) electrons. The molecule has 33 heavy (non-hydrogen) atoms. The fourth-order valence-electron chi connectivity index (χ4n) is 3.66. The van der Waals surface area contributed by atoms with E-state index in [1.807, 2.05) is 19.1 Å². The number of benzene rings is 3. The third kappa shape index (κ3) is 5.18. The van der Waals surface area contributed by atoms with Crippen LogP contribution in [0.1, 0.15) is 19.4 Å². The molecule has 8 heteroatoms. The first-order chi connectivity index (χ1) is 15.6. The van der Waals surface area contributed by atoms with Crippen molar-refractivity contribution in [3.63, 3.8) is 0 Å². The fourth-order valence-corrected chi connectivity index (χ4v) is 10.2. The number of rotatable bonds is 8. The van der Waals surface area contributed by atoms with Crippen molar-refractivity contribution >= 4 is 30.5 Å². The molecule has 3 rings (SSSR count). The van der Waals surface area contributed by atoms with E-state index in [2.05, 4.69) is 0 Å². The molecule has 0 saturated carbocycles. The van der Waals surface area contributed by atoms with Crippen molar-refractivity contribution in [2.45, 2.75) is 40.0 Å². The second-order valence-corrected chi connectivity index (χ2v) is 13.6. The van der Waals surface area contributed by atoms with Crippen molar-refractivity contribution in [1.29, 1.82) is 0 Å². The summed E-state index contributed by atoms with van der Waals surface area (Å²) in [5.74, 6) is -1.08. The molecule has 0 N–H and O–H groups in total. The standard InChI is InChI=1S/C25H26O5S3/c1-4-24(31(26)21-17-15-19(2)16-18-21)20(3)25(32(27,28)22-11-7-5-8-12-22)33(29,30)23-13-9-6-10-14-23/h4-18,20,25H,1-3H3/b24-4-/t20-,31+/m1/s1. The molecule has 3 aromatic rings. The van der Waals surface area contributed by atoms with Crippen LogP contribution in [0.4, 0.5) is 0 Å². The molecule has 0 aliphatic rings. The molecule has 0 aliphatic carbocycles. The van der Waals surface area contributed by atoms with Crippen molar-refractivity contribution in [1.82, 2.24) is 0 Å². The van der Waals surface area contributed by atoms with E-state index in [1.165, 1.54) is 31.2 Å². The topological polar surface area (TPSA) is 85.3 Å². The maximum Gasteiger partial charge on any atom is 0.196 e. The highest BCUT2D eigenvalue weighted by molar-refractivity contribution is 8.09. The Morgan fingerprint density at radius 1 is 0.758 bits per heavy atom. The fraction of sp³-hybridized carbons (Fsp3) is 0.200. The van der Waals surface area contributed by atoms with Gasteiger partial charge in [0.1, 0.15) is 0 Å². The third-order valence-electron chi connectivity index (χ3n) is 5.35. The van der Waals surface area contributed by atoms with Crippen LogP contribution in [0.3, 0.4) is 0 Å². The van der Waals surface area contributed by atoms with Crippen molar-refractivity contribution in [2.75, 3.05) is 0 Å². The van der Waals surface area contributed by atoms with Gasteiger partial charge in [-0.05, 0) is 50.2 Å². The van der Waals surface area contributed by atoms with E-state index in [4.69, 9.17) is 0 Å². The summed E-state index contributed by atoms with van der Waals surface area (Å²) in [5, 5.41) is 0. The Morgan fingerprint density at radius 3 is 1.58 bits per heavy atom. The lowest BCUT2D eigenvalue weighted by molar-refractivity contribution is 0.556. The first-order valence-electron chi connectivity index (χ1n) is 10.3. The molecule has 174 valence electrons. The van der Waals surface area contributed by atoms with Gasteiger partial charge in [0.05, 0.1) is 20.6 Å². The molecule has 2 atom stereocenters. The molecular weight excluding hydrogens is 476 g/mol. The molecule has 0 unspecified atom stereocenters. The van der Waals surface area contributed by atoms with Gasteiger partial charge in [-0.2, -0.15) is 0 Å². The van der Waals surface area contributed by atoms with E-state index >= 15 is 0 Å². The van der Waals surface area contributed by atoms with Crippen molar-refractivity contribution in [3.05, 3.63) is 101 Å². The Hall–Kier alpha value is -2.55. The maximum atomic E-state index is 13.7. The van der Waals surface area contributed by atoms with E-state index in [9.17, 15) is 21.0 Å². The Balaban J connectivity index is 2.18. The molecule has 5 nitrogen and oxygen atoms in total. The second-order valence-electron chi connectivity index (χ2n) is 7.65. The van der Waals surface area contributed by atoms with Gasteiger partial charge in [0.2, 0.25) is 0 Å². The maximum absolute atomic E-state index is 13.7. The number of sulfone groups is 2. The first kappa shape index (κ1) is 25.1. The molecule has 0 aromatic heterocycles. The molecule has 0 fully saturated rings. The van der Waals surface area contributed by atoms with Gasteiger partial charge in [0, 0.05) is 15.7 Å². The first-order valence-corrected chi connectivity index (χ1v) is 14.6. The predicted molar refractivity (Wildman–Crippen MR) is 132 cm³/mol. The van der Waals surface area contributed by atoms with Crippen LogP contribution in [0.15, 0.2) is 111 Å². The van der Waals surface area contributed by atoms with E-state index in [-0.39, 0.29) is 14.7 Å². The molecule has 0 heterocycles. The summed E-state index contributed by atoms with van der Waals surface area (Å²) >= 11 is 0. The normalized spacial score (nSPS) is 14.7. The van der Waals surface area contributed by atoms with Crippen molar-refractivity contribution in [3.8, 4) is 0 Å². The zero-order valence-electron chi connectivity index (χ0n) is 18.6.